The van der Waals surface area contributed by atoms with Crippen LogP contribution in [0.4, 0.5) is 11.4 Å². The first-order valence-corrected chi connectivity index (χ1v) is 11.2. The number of H-pyrrole nitrogens is 1. The lowest BCUT2D eigenvalue weighted by molar-refractivity contribution is -0.117. The van der Waals surface area contributed by atoms with Crippen molar-refractivity contribution in [3.05, 3.63) is 77.1 Å². The SMILES string of the molecule is O=C1C(Nc2ccc3c(c2)OCCO3)CCN1c1ccc(-c2n[nH]c(=O)c3ccccc23)cc1. The highest BCUT2D eigenvalue weighted by atomic mass is 16.6. The van der Waals surface area contributed by atoms with Crippen molar-refractivity contribution in [2.24, 2.45) is 0 Å². The molecule has 1 aromatic heterocycles. The Hall–Kier alpha value is -4.33. The molecule has 2 aliphatic heterocycles. The first-order chi connectivity index (χ1) is 16.7. The van der Waals surface area contributed by atoms with Crippen LogP contribution in [0.5, 0.6) is 11.5 Å². The number of ether oxygens (including phenoxy) is 2. The van der Waals surface area contributed by atoms with E-state index in [1.165, 1.54) is 0 Å². The van der Waals surface area contributed by atoms with Crippen molar-refractivity contribution in [3.63, 3.8) is 0 Å². The zero-order chi connectivity index (χ0) is 23.1. The Bertz CT molecular complexity index is 1450. The summed E-state index contributed by atoms with van der Waals surface area (Å²) in [7, 11) is 0. The average Bonchev–Trinajstić information content (AvgIpc) is 3.24. The lowest BCUT2D eigenvalue weighted by Crippen LogP contribution is -2.33. The van der Waals surface area contributed by atoms with Gasteiger partial charge in [-0.1, -0.05) is 30.3 Å². The predicted molar refractivity (Wildman–Crippen MR) is 130 cm³/mol. The number of nitrogens with one attached hydrogen (secondary N) is 2. The molecule has 4 aromatic rings. The quantitative estimate of drug-likeness (QED) is 0.489. The van der Waals surface area contributed by atoms with Crippen LogP contribution in [0.1, 0.15) is 6.42 Å². The minimum Gasteiger partial charge on any atom is -0.486 e. The van der Waals surface area contributed by atoms with Gasteiger partial charge in [0.2, 0.25) is 5.91 Å². The van der Waals surface area contributed by atoms with E-state index in [1.807, 2.05) is 60.7 Å². The molecule has 0 bridgehead atoms. The van der Waals surface area contributed by atoms with E-state index in [0.717, 1.165) is 28.1 Å². The van der Waals surface area contributed by atoms with Gasteiger partial charge in [-0.3, -0.25) is 9.59 Å². The Morgan fingerprint density at radius 1 is 0.912 bits per heavy atom. The monoisotopic (exact) mass is 454 g/mol. The molecule has 0 radical (unpaired) electrons. The molecule has 3 aromatic carbocycles. The lowest BCUT2D eigenvalue weighted by Gasteiger charge is -2.21. The summed E-state index contributed by atoms with van der Waals surface area (Å²) in [5.41, 5.74) is 3.02. The van der Waals surface area contributed by atoms with E-state index in [1.54, 1.807) is 11.0 Å². The van der Waals surface area contributed by atoms with Gasteiger partial charge in [-0.2, -0.15) is 5.10 Å². The molecule has 1 amide bonds. The van der Waals surface area contributed by atoms with Gasteiger partial charge in [0, 0.05) is 34.9 Å². The van der Waals surface area contributed by atoms with E-state index in [-0.39, 0.29) is 17.5 Å². The molecule has 1 saturated heterocycles. The smallest absolute Gasteiger partial charge is 0.272 e. The third-order valence-corrected chi connectivity index (χ3v) is 6.24. The van der Waals surface area contributed by atoms with Crippen LogP contribution in [0.25, 0.3) is 22.0 Å². The third kappa shape index (κ3) is 3.53. The van der Waals surface area contributed by atoms with Crippen LogP contribution in [0.15, 0.2) is 71.5 Å². The second-order valence-corrected chi connectivity index (χ2v) is 8.33. The molecule has 8 nitrogen and oxygen atoms in total. The molecule has 2 N–H and O–H groups in total. The minimum absolute atomic E-state index is 0.0234. The third-order valence-electron chi connectivity index (χ3n) is 6.24. The molecule has 0 saturated carbocycles. The van der Waals surface area contributed by atoms with E-state index in [2.05, 4.69) is 15.5 Å². The zero-order valence-corrected chi connectivity index (χ0v) is 18.3. The maximum Gasteiger partial charge on any atom is 0.272 e. The normalized spacial score (nSPS) is 17.2. The first kappa shape index (κ1) is 20.3. The number of hydrogen-bond donors (Lipinski definition) is 2. The Labute approximate surface area is 195 Å². The fourth-order valence-corrected chi connectivity index (χ4v) is 4.54. The Morgan fingerprint density at radius 2 is 1.68 bits per heavy atom. The van der Waals surface area contributed by atoms with Gasteiger partial charge in [-0.05, 0) is 36.8 Å². The average molecular weight is 454 g/mol. The number of fused-ring (bicyclic) bond motifs is 2. The van der Waals surface area contributed by atoms with Crippen LogP contribution in [-0.4, -0.2) is 41.9 Å². The number of amides is 1. The Balaban J connectivity index is 1.21. The fraction of sp³-hybridized carbons (Fsp3) is 0.192. The van der Waals surface area contributed by atoms with Gasteiger partial charge in [0.05, 0.1) is 11.1 Å². The molecule has 1 atom stereocenters. The van der Waals surface area contributed by atoms with Gasteiger partial charge in [0.15, 0.2) is 11.5 Å². The highest BCUT2D eigenvalue weighted by Gasteiger charge is 2.32. The van der Waals surface area contributed by atoms with Crippen LogP contribution >= 0.6 is 0 Å². The second kappa shape index (κ2) is 8.22. The van der Waals surface area contributed by atoms with E-state index >= 15 is 0 Å². The maximum absolute atomic E-state index is 13.1. The van der Waals surface area contributed by atoms with Gasteiger partial charge in [-0.15, -0.1) is 0 Å². The highest BCUT2D eigenvalue weighted by molar-refractivity contribution is 6.01. The summed E-state index contributed by atoms with van der Waals surface area (Å²) < 4.78 is 11.2. The van der Waals surface area contributed by atoms with Crippen molar-refractivity contribution in [3.8, 4) is 22.8 Å². The van der Waals surface area contributed by atoms with Crippen LogP contribution in [-0.2, 0) is 4.79 Å². The van der Waals surface area contributed by atoms with Gasteiger partial charge >= 0.3 is 0 Å². The number of anilines is 2. The van der Waals surface area contributed by atoms with Crippen LogP contribution < -0.4 is 25.2 Å². The summed E-state index contributed by atoms with van der Waals surface area (Å²) in [6.07, 6.45) is 0.696. The molecule has 0 aliphatic carbocycles. The summed E-state index contributed by atoms with van der Waals surface area (Å²) in [6, 6.07) is 20.4. The van der Waals surface area contributed by atoms with Crippen molar-refractivity contribution in [2.45, 2.75) is 12.5 Å². The van der Waals surface area contributed by atoms with E-state index in [0.29, 0.717) is 43.0 Å². The lowest BCUT2D eigenvalue weighted by atomic mass is 10.0. The largest absolute Gasteiger partial charge is 0.486 e. The summed E-state index contributed by atoms with van der Waals surface area (Å²) in [4.78, 5) is 27.0. The molecule has 6 rings (SSSR count). The van der Waals surface area contributed by atoms with Gasteiger partial charge < -0.3 is 19.7 Å². The summed E-state index contributed by atoms with van der Waals surface area (Å²) >= 11 is 0. The van der Waals surface area contributed by atoms with Crippen LogP contribution in [0.2, 0.25) is 0 Å². The standard InChI is InChI=1S/C26H22N4O4/c31-25-20-4-2-1-3-19(20)24(28-29-25)16-5-8-18(9-6-16)30-12-11-21(26(30)32)27-17-7-10-22-23(15-17)34-14-13-33-22/h1-10,15,21,27H,11-14H2,(H,29,31). The molecular weight excluding hydrogens is 432 g/mol. The molecule has 1 unspecified atom stereocenters. The van der Waals surface area contributed by atoms with E-state index < -0.39 is 0 Å². The summed E-state index contributed by atoms with van der Waals surface area (Å²) in [6.45, 7) is 1.69. The molecule has 3 heterocycles. The van der Waals surface area contributed by atoms with Crippen molar-refractivity contribution >= 4 is 28.1 Å². The molecular formula is C26H22N4O4. The molecule has 2 aliphatic rings. The molecule has 170 valence electrons. The number of benzene rings is 3. The number of rotatable bonds is 4. The zero-order valence-electron chi connectivity index (χ0n) is 18.3. The molecule has 0 spiro atoms. The fourth-order valence-electron chi connectivity index (χ4n) is 4.54. The summed E-state index contributed by atoms with van der Waals surface area (Å²) in [5, 5.41) is 11.6. The Kier molecular flexibility index (Phi) is 4.91. The molecule has 34 heavy (non-hydrogen) atoms. The molecule has 8 heteroatoms. The maximum atomic E-state index is 13.1. The van der Waals surface area contributed by atoms with Gasteiger partial charge in [0.1, 0.15) is 19.3 Å². The van der Waals surface area contributed by atoms with Crippen molar-refractivity contribution in [1.29, 1.82) is 0 Å². The number of carbonyl (C=O) groups excluding carboxylic acids is 1. The Morgan fingerprint density at radius 3 is 2.50 bits per heavy atom. The minimum atomic E-state index is -0.313. The van der Waals surface area contributed by atoms with Crippen molar-refractivity contribution in [2.75, 3.05) is 30.0 Å². The van der Waals surface area contributed by atoms with Crippen molar-refractivity contribution in [1.82, 2.24) is 10.2 Å². The second-order valence-electron chi connectivity index (χ2n) is 8.33. The van der Waals surface area contributed by atoms with Gasteiger partial charge in [-0.25, -0.2) is 5.10 Å². The van der Waals surface area contributed by atoms with Crippen LogP contribution in [0, 0.1) is 0 Å². The number of aromatic amines is 1. The number of hydrogen-bond acceptors (Lipinski definition) is 6. The molecule has 1 fully saturated rings. The van der Waals surface area contributed by atoms with E-state index in [4.69, 9.17) is 9.47 Å². The summed E-state index contributed by atoms with van der Waals surface area (Å²) in [5.74, 6) is 1.44. The first-order valence-electron chi connectivity index (χ1n) is 11.2. The predicted octanol–water partition coefficient (Wildman–Crippen LogP) is 3.58. The van der Waals surface area contributed by atoms with Crippen LogP contribution in [0.3, 0.4) is 0 Å². The van der Waals surface area contributed by atoms with Crippen molar-refractivity contribution < 1.29 is 14.3 Å². The number of carbonyl (C=O) groups is 1. The highest BCUT2D eigenvalue weighted by Crippen LogP contribution is 2.34. The number of aromatic nitrogens is 2. The topological polar surface area (TPSA) is 96.6 Å². The number of nitrogens with zero attached hydrogens (tertiary/aromatic N) is 2. The van der Waals surface area contributed by atoms with E-state index in [9.17, 15) is 9.59 Å². The van der Waals surface area contributed by atoms with Gasteiger partial charge in [0.25, 0.3) is 5.56 Å².